The van der Waals surface area contributed by atoms with Gasteiger partial charge in [0.05, 0.1) is 17.8 Å². The van der Waals surface area contributed by atoms with Crippen LogP contribution in [0.1, 0.15) is 30.5 Å². The van der Waals surface area contributed by atoms with E-state index in [1.165, 1.54) is 11.3 Å². The topological polar surface area (TPSA) is 85.5 Å². The molecule has 28 heavy (non-hydrogen) atoms. The van der Waals surface area contributed by atoms with Gasteiger partial charge >= 0.3 is 5.97 Å². The fraction of sp³-hybridized carbons (Fsp3) is 0.368. The predicted octanol–water partition coefficient (Wildman–Crippen LogP) is 3.77. The number of aromatic nitrogens is 2. The van der Waals surface area contributed by atoms with Crippen LogP contribution in [0.2, 0.25) is 0 Å². The second-order valence-electron chi connectivity index (χ2n) is 6.03. The van der Waals surface area contributed by atoms with Crippen LogP contribution in [0.15, 0.2) is 39.4 Å². The third-order valence-corrected chi connectivity index (χ3v) is 5.68. The smallest absolute Gasteiger partial charge is 0.306 e. The summed E-state index contributed by atoms with van der Waals surface area (Å²) in [4.78, 5) is 27.9. The van der Waals surface area contributed by atoms with Gasteiger partial charge in [-0.1, -0.05) is 19.1 Å². The Hall–Kier alpha value is -2.52. The molecule has 3 rings (SSSR count). The fourth-order valence-corrected chi connectivity index (χ4v) is 3.88. The van der Waals surface area contributed by atoms with E-state index in [9.17, 15) is 9.59 Å². The second kappa shape index (κ2) is 10.1. The number of hydrogen-bond acceptors (Lipinski definition) is 8. The Balaban J connectivity index is 1.49. The van der Waals surface area contributed by atoms with Crippen molar-refractivity contribution in [2.75, 3.05) is 13.2 Å². The summed E-state index contributed by atoms with van der Waals surface area (Å²) in [6.45, 7) is 2.40. The molecule has 0 unspecified atom stereocenters. The molecule has 0 aliphatic carbocycles. The van der Waals surface area contributed by atoms with Gasteiger partial charge in [0.25, 0.3) is 11.8 Å². The highest BCUT2D eigenvalue weighted by atomic mass is 32.1. The number of thiophene rings is 2. The van der Waals surface area contributed by atoms with Crippen LogP contribution in [0, 0.1) is 0 Å². The largest absolute Gasteiger partial charge is 0.456 e. The molecule has 0 bridgehead atoms. The van der Waals surface area contributed by atoms with Gasteiger partial charge in [-0.05, 0) is 35.7 Å². The number of nitrogens with zero attached hydrogens (tertiary/aromatic N) is 3. The first-order valence-electron chi connectivity index (χ1n) is 8.97. The van der Waals surface area contributed by atoms with E-state index in [4.69, 9.17) is 9.15 Å². The van der Waals surface area contributed by atoms with Crippen molar-refractivity contribution < 1.29 is 18.7 Å². The normalized spacial score (nSPS) is 10.8. The van der Waals surface area contributed by atoms with Gasteiger partial charge in [-0.2, -0.15) is 0 Å². The van der Waals surface area contributed by atoms with Crippen molar-refractivity contribution in [2.45, 2.75) is 32.7 Å². The van der Waals surface area contributed by atoms with Crippen molar-refractivity contribution in [3.8, 4) is 10.8 Å². The third kappa shape index (κ3) is 5.74. The van der Waals surface area contributed by atoms with Crippen LogP contribution in [-0.2, 0) is 27.3 Å². The summed E-state index contributed by atoms with van der Waals surface area (Å²) in [6.07, 6.45) is 1.65. The van der Waals surface area contributed by atoms with Crippen LogP contribution in [0.5, 0.6) is 0 Å². The zero-order chi connectivity index (χ0) is 19.8. The van der Waals surface area contributed by atoms with Gasteiger partial charge in [0.2, 0.25) is 5.89 Å². The molecule has 9 heteroatoms. The number of hydrogen-bond donors (Lipinski definition) is 0. The number of carbonyl (C=O) groups is 2. The molecule has 0 aromatic carbocycles. The Morgan fingerprint density at radius 3 is 2.71 bits per heavy atom. The highest BCUT2D eigenvalue weighted by molar-refractivity contribution is 7.13. The van der Waals surface area contributed by atoms with Crippen LogP contribution in [-0.4, -0.2) is 40.1 Å². The van der Waals surface area contributed by atoms with Gasteiger partial charge in [-0.15, -0.1) is 32.9 Å². The van der Waals surface area contributed by atoms with E-state index < -0.39 is 0 Å². The molecule has 0 spiro atoms. The first kappa shape index (κ1) is 20.2. The molecule has 3 aromatic rings. The highest BCUT2D eigenvalue weighted by Gasteiger charge is 2.19. The fourth-order valence-electron chi connectivity index (χ4n) is 2.53. The van der Waals surface area contributed by atoms with Crippen LogP contribution >= 0.6 is 22.7 Å². The van der Waals surface area contributed by atoms with Gasteiger partial charge < -0.3 is 14.1 Å². The van der Waals surface area contributed by atoms with E-state index in [-0.39, 0.29) is 31.4 Å². The molecule has 7 nitrogen and oxygen atoms in total. The SMILES string of the molecule is CCCN(Cc1nnc(-c2cccs2)o1)C(=O)COC(=O)CCc1cccs1. The van der Waals surface area contributed by atoms with Crippen molar-refractivity contribution in [1.82, 2.24) is 15.1 Å². The number of ether oxygens (including phenoxy) is 1. The number of rotatable bonds is 10. The molecule has 1 amide bonds. The van der Waals surface area contributed by atoms with Gasteiger partial charge in [-0.3, -0.25) is 9.59 Å². The highest BCUT2D eigenvalue weighted by Crippen LogP contribution is 2.23. The van der Waals surface area contributed by atoms with E-state index in [1.807, 2.05) is 41.9 Å². The van der Waals surface area contributed by atoms with Gasteiger partial charge in [0.15, 0.2) is 6.61 Å². The minimum atomic E-state index is -0.379. The van der Waals surface area contributed by atoms with Crippen LogP contribution < -0.4 is 0 Å². The summed E-state index contributed by atoms with van der Waals surface area (Å²) < 4.78 is 10.8. The average Bonchev–Trinajstić information content (AvgIpc) is 3.46. The Bertz CT molecular complexity index is 875. The molecule has 0 radical (unpaired) electrons. The minimum absolute atomic E-state index is 0.192. The Morgan fingerprint density at radius 2 is 2.00 bits per heavy atom. The van der Waals surface area contributed by atoms with Crippen molar-refractivity contribution in [3.05, 3.63) is 45.8 Å². The molecule has 0 N–H and O–H groups in total. The number of aryl methyl sites for hydroxylation is 1. The minimum Gasteiger partial charge on any atom is -0.456 e. The third-order valence-electron chi connectivity index (χ3n) is 3.88. The predicted molar refractivity (Wildman–Crippen MR) is 107 cm³/mol. The van der Waals surface area contributed by atoms with Crippen molar-refractivity contribution >= 4 is 34.6 Å². The summed E-state index contributed by atoms with van der Waals surface area (Å²) >= 11 is 3.10. The van der Waals surface area contributed by atoms with Gasteiger partial charge in [0, 0.05) is 11.4 Å². The summed E-state index contributed by atoms with van der Waals surface area (Å²) in [7, 11) is 0. The maximum Gasteiger partial charge on any atom is 0.306 e. The van der Waals surface area contributed by atoms with E-state index in [0.717, 1.165) is 16.2 Å². The second-order valence-corrected chi connectivity index (χ2v) is 8.01. The molecule has 3 heterocycles. The van der Waals surface area contributed by atoms with E-state index in [0.29, 0.717) is 24.7 Å². The standard InChI is InChI=1S/C19H21N3O4S2/c1-2-9-22(12-16-20-21-19(26-16)15-6-4-11-28-15)17(23)13-25-18(24)8-7-14-5-3-10-27-14/h3-6,10-11H,2,7-9,12-13H2,1H3. The quantitative estimate of drug-likeness (QED) is 0.465. The lowest BCUT2D eigenvalue weighted by Gasteiger charge is -2.20. The Labute approximate surface area is 171 Å². The van der Waals surface area contributed by atoms with E-state index in [2.05, 4.69) is 10.2 Å². The zero-order valence-electron chi connectivity index (χ0n) is 15.5. The zero-order valence-corrected chi connectivity index (χ0v) is 17.1. The lowest BCUT2D eigenvalue weighted by molar-refractivity contribution is -0.152. The molecule has 0 fully saturated rings. The first-order chi connectivity index (χ1) is 13.7. The van der Waals surface area contributed by atoms with Crippen molar-refractivity contribution in [1.29, 1.82) is 0 Å². The molecule has 0 atom stereocenters. The Kier molecular flexibility index (Phi) is 7.32. The summed E-state index contributed by atoms with van der Waals surface area (Å²) in [5, 5.41) is 11.9. The summed E-state index contributed by atoms with van der Waals surface area (Å²) in [5.41, 5.74) is 0. The molecule has 0 aliphatic rings. The monoisotopic (exact) mass is 419 g/mol. The molecule has 148 valence electrons. The average molecular weight is 420 g/mol. The maximum absolute atomic E-state index is 12.5. The van der Waals surface area contributed by atoms with E-state index in [1.54, 1.807) is 16.2 Å². The number of carbonyl (C=O) groups excluding carboxylic acids is 2. The number of esters is 1. The molecule has 0 saturated carbocycles. The van der Waals surface area contributed by atoms with Gasteiger partial charge in [-0.25, -0.2) is 0 Å². The first-order valence-corrected chi connectivity index (χ1v) is 10.7. The molecule has 3 aromatic heterocycles. The van der Waals surface area contributed by atoms with Gasteiger partial charge in [0.1, 0.15) is 0 Å². The molecular weight excluding hydrogens is 398 g/mol. The van der Waals surface area contributed by atoms with E-state index >= 15 is 0 Å². The maximum atomic E-state index is 12.5. The van der Waals surface area contributed by atoms with Crippen molar-refractivity contribution in [3.63, 3.8) is 0 Å². The van der Waals surface area contributed by atoms with Crippen molar-refractivity contribution in [2.24, 2.45) is 0 Å². The van der Waals surface area contributed by atoms with Crippen LogP contribution in [0.4, 0.5) is 0 Å². The molecular formula is C19H21N3O4S2. The Morgan fingerprint density at radius 1 is 1.18 bits per heavy atom. The summed E-state index contributed by atoms with van der Waals surface area (Å²) in [6, 6.07) is 7.72. The molecule has 0 aliphatic heterocycles. The lowest BCUT2D eigenvalue weighted by atomic mass is 10.3. The van der Waals surface area contributed by atoms with Crippen LogP contribution in [0.25, 0.3) is 10.8 Å². The summed E-state index contributed by atoms with van der Waals surface area (Å²) in [5.74, 6) is 0.140. The van der Waals surface area contributed by atoms with Crippen LogP contribution in [0.3, 0.4) is 0 Å². The number of amides is 1. The lowest BCUT2D eigenvalue weighted by Crippen LogP contribution is -2.35. The molecule has 0 saturated heterocycles.